The Bertz CT molecular complexity index is 482. The van der Waals surface area contributed by atoms with Crippen molar-refractivity contribution in [1.29, 1.82) is 0 Å². The van der Waals surface area contributed by atoms with Crippen LogP contribution in [0.2, 0.25) is 0 Å². The van der Waals surface area contributed by atoms with Gasteiger partial charge in [-0.15, -0.1) is 5.10 Å². The fourth-order valence-corrected chi connectivity index (χ4v) is 2.82. The molecule has 3 rings (SSSR count). The summed E-state index contributed by atoms with van der Waals surface area (Å²) in [6.45, 7) is 0. The van der Waals surface area contributed by atoms with Gasteiger partial charge in [-0.3, -0.25) is 4.98 Å². The van der Waals surface area contributed by atoms with Gasteiger partial charge in [-0.05, 0) is 36.0 Å². The van der Waals surface area contributed by atoms with Crippen molar-refractivity contribution in [2.24, 2.45) is 5.73 Å². The Morgan fingerprint density at radius 1 is 1.50 bits per heavy atom. The van der Waals surface area contributed by atoms with Crippen molar-refractivity contribution in [3.05, 3.63) is 40.7 Å². The van der Waals surface area contributed by atoms with Crippen LogP contribution in [0.25, 0.3) is 0 Å². The zero-order valence-electron chi connectivity index (χ0n) is 8.71. The third-order valence-electron chi connectivity index (χ3n) is 3.15. The number of aromatic nitrogens is 3. The number of hydrogen-bond donors (Lipinski definition) is 1. The summed E-state index contributed by atoms with van der Waals surface area (Å²) in [5.74, 6) is 0.292. The van der Waals surface area contributed by atoms with Gasteiger partial charge in [0.15, 0.2) is 0 Å². The zero-order valence-corrected chi connectivity index (χ0v) is 9.52. The van der Waals surface area contributed by atoms with Crippen LogP contribution < -0.4 is 5.73 Å². The summed E-state index contributed by atoms with van der Waals surface area (Å²) in [6.07, 6.45) is 3.97. The number of pyridine rings is 1. The van der Waals surface area contributed by atoms with Crippen molar-refractivity contribution in [3.8, 4) is 0 Å². The third-order valence-corrected chi connectivity index (χ3v) is 3.68. The Morgan fingerprint density at radius 2 is 2.44 bits per heavy atom. The van der Waals surface area contributed by atoms with Crippen molar-refractivity contribution >= 4 is 11.5 Å². The minimum Gasteiger partial charge on any atom is -0.322 e. The van der Waals surface area contributed by atoms with Crippen molar-refractivity contribution in [2.75, 3.05) is 0 Å². The monoisotopic (exact) mass is 232 g/mol. The molecule has 2 aromatic heterocycles. The number of nitrogens with two attached hydrogens (primary N) is 1. The van der Waals surface area contributed by atoms with Gasteiger partial charge in [-0.25, -0.2) is 0 Å². The summed E-state index contributed by atoms with van der Waals surface area (Å²) in [4.78, 5) is 4.45. The topological polar surface area (TPSA) is 64.7 Å². The highest BCUT2D eigenvalue weighted by molar-refractivity contribution is 7.03. The molecule has 0 amide bonds. The highest BCUT2D eigenvalue weighted by Gasteiger charge is 2.30. The van der Waals surface area contributed by atoms with E-state index in [0.29, 0.717) is 5.92 Å². The van der Waals surface area contributed by atoms with Crippen LogP contribution in [0.15, 0.2) is 23.7 Å². The van der Waals surface area contributed by atoms with Crippen LogP contribution in [-0.2, 0) is 6.42 Å². The minimum atomic E-state index is -0.0742. The van der Waals surface area contributed by atoms with E-state index in [4.69, 9.17) is 5.73 Å². The van der Waals surface area contributed by atoms with Gasteiger partial charge in [-0.2, -0.15) is 0 Å². The van der Waals surface area contributed by atoms with E-state index in [2.05, 4.69) is 20.6 Å². The first-order valence-electron chi connectivity index (χ1n) is 5.32. The molecule has 0 aromatic carbocycles. The molecular weight excluding hydrogens is 220 g/mol. The average Bonchev–Trinajstić information content (AvgIpc) is 2.98. The molecule has 16 heavy (non-hydrogen) atoms. The quantitative estimate of drug-likeness (QED) is 0.855. The van der Waals surface area contributed by atoms with Gasteiger partial charge in [0.05, 0.1) is 11.7 Å². The normalized spacial score (nSPS) is 20.7. The molecule has 0 aliphatic heterocycles. The highest BCUT2D eigenvalue weighted by Crippen LogP contribution is 2.38. The summed E-state index contributed by atoms with van der Waals surface area (Å²) in [7, 11) is 0. The highest BCUT2D eigenvalue weighted by atomic mass is 32.1. The lowest BCUT2D eigenvalue weighted by Gasteiger charge is -2.16. The van der Waals surface area contributed by atoms with E-state index in [1.807, 2.05) is 17.6 Å². The van der Waals surface area contributed by atoms with Crippen LogP contribution in [0.4, 0.5) is 0 Å². The van der Waals surface area contributed by atoms with Gasteiger partial charge in [0.2, 0.25) is 0 Å². The Labute approximate surface area is 97.7 Å². The molecule has 0 saturated carbocycles. The standard InChI is InChI=1S/C11H12N4S/c12-10(9-6-16-15-14-9)8-4-3-7-2-1-5-13-11(7)8/h1-2,5-6,8,10H,3-4,12H2. The van der Waals surface area contributed by atoms with E-state index in [-0.39, 0.29) is 6.04 Å². The molecular formula is C11H12N4S. The molecule has 0 spiro atoms. The lowest BCUT2D eigenvalue weighted by Crippen LogP contribution is -2.19. The van der Waals surface area contributed by atoms with Gasteiger partial charge >= 0.3 is 0 Å². The van der Waals surface area contributed by atoms with Crippen molar-refractivity contribution in [1.82, 2.24) is 14.6 Å². The molecule has 2 unspecified atom stereocenters. The van der Waals surface area contributed by atoms with E-state index >= 15 is 0 Å². The zero-order chi connectivity index (χ0) is 11.0. The smallest absolute Gasteiger partial charge is 0.0929 e. The summed E-state index contributed by atoms with van der Waals surface area (Å²) in [5, 5.41) is 5.97. The summed E-state index contributed by atoms with van der Waals surface area (Å²) in [5.41, 5.74) is 9.57. The Morgan fingerprint density at radius 3 is 3.25 bits per heavy atom. The molecule has 2 atom stereocenters. The molecule has 1 aliphatic carbocycles. The van der Waals surface area contributed by atoms with Crippen molar-refractivity contribution in [3.63, 3.8) is 0 Å². The van der Waals surface area contributed by atoms with Crippen LogP contribution in [0, 0.1) is 0 Å². The van der Waals surface area contributed by atoms with E-state index < -0.39 is 0 Å². The largest absolute Gasteiger partial charge is 0.322 e. The fraction of sp³-hybridized carbons (Fsp3) is 0.364. The van der Waals surface area contributed by atoms with Gasteiger partial charge in [0.25, 0.3) is 0 Å². The van der Waals surface area contributed by atoms with E-state index in [1.165, 1.54) is 17.1 Å². The maximum atomic E-state index is 6.22. The van der Waals surface area contributed by atoms with Crippen LogP contribution in [-0.4, -0.2) is 14.6 Å². The minimum absolute atomic E-state index is 0.0742. The average molecular weight is 232 g/mol. The van der Waals surface area contributed by atoms with Crippen LogP contribution in [0.3, 0.4) is 0 Å². The first kappa shape index (κ1) is 9.86. The molecule has 82 valence electrons. The van der Waals surface area contributed by atoms with Crippen molar-refractivity contribution < 1.29 is 0 Å². The molecule has 2 heterocycles. The van der Waals surface area contributed by atoms with Crippen LogP contribution in [0.5, 0.6) is 0 Å². The van der Waals surface area contributed by atoms with Gasteiger partial charge < -0.3 is 5.73 Å². The number of rotatable bonds is 2. The molecule has 0 bridgehead atoms. The first-order chi connectivity index (χ1) is 7.86. The Kier molecular flexibility index (Phi) is 2.41. The lowest BCUT2D eigenvalue weighted by molar-refractivity contribution is 0.529. The number of fused-ring (bicyclic) bond motifs is 1. The Balaban J connectivity index is 1.93. The van der Waals surface area contributed by atoms with E-state index in [9.17, 15) is 0 Å². The maximum Gasteiger partial charge on any atom is 0.0929 e. The SMILES string of the molecule is NC(c1csnn1)C1CCc2cccnc21. The van der Waals surface area contributed by atoms with Crippen LogP contribution in [0.1, 0.15) is 35.3 Å². The summed E-state index contributed by atoms with van der Waals surface area (Å²) >= 11 is 1.35. The molecule has 4 nitrogen and oxygen atoms in total. The molecule has 0 fully saturated rings. The molecule has 0 radical (unpaired) electrons. The molecule has 1 aliphatic rings. The first-order valence-corrected chi connectivity index (χ1v) is 6.16. The molecule has 5 heteroatoms. The van der Waals surface area contributed by atoms with Gasteiger partial charge in [0, 0.05) is 23.2 Å². The number of aryl methyl sites for hydroxylation is 1. The second-order valence-corrected chi connectivity index (χ2v) is 4.66. The van der Waals surface area contributed by atoms with E-state index in [0.717, 1.165) is 24.2 Å². The molecule has 0 saturated heterocycles. The number of nitrogens with zero attached hydrogens (tertiary/aromatic N) is 3. The third kappa shape index (κ3) is 1.52. The summed E-state index contributed by atoms with van der Waals surface area (Å²) in [6, 6.07) is 4.04. The second kappa shape index (κ2) is 3.92. The lowest BCUT2D eigenvalue weighted by atomic mass is 9.96. The Hall–Kier alpha value is -1.33. The second-order valence-electron chi connectivity index (χ2n) is 4.05. The van der Waals surface area contributed by atoms with Gasteiger partial charge in [0.1, 0.15) is 0 Å². The van der Waals surface area contributed by atoms with Gasteiger partial charge in [-0.1, -0.05) is 10.6 Å². The number of hydrogen-bond acceptors (Lipinski definition) is 5. The van der Waals surface area contributed by atoms with Crippen LogP contribution >= 0.6 is 11.5 Å². The van der Waals surface area contributed by atoms with E-state index in [1.54, 1.807) is 0 Å². The molecule has 2 aromatic rings. The summed E-state index contributed by atoms with van der Waals surface area (Å²) < 4.78 is 3.86. The predicted molar refractivity (Wildman–Crippen MR) is 62.1 cm³/mol. The van der Waals surface area contributed by atoms with Crippen molar-refractivity contribution in [2.45, 2.75) is 24.8 Å². The maximum absolute atomic E-state index is 6.22. The predicted octanol–water partition coefficient (Wildman–Crippen LogP) is 1.66. The fourth-order valence-electron chi connectivity index (χ4n) is 2.32. The molecule has 2 N–H and O–H groups in total.